The minimum atomic E-state index is -0.947. The van der Waals surface area contributed by atoms with Crippen LogP contribution in [0.5, 0.6) is 0 Å². The highest BCUT2D eigenvalue weighted by Crippen LogP contribution is 1.98. The van der Waals surface area contributed by atoms with E-state index in [-0.39, 0.29) is 12.8 Å². The molecule has 0 aliphatic rings. The highest BCUT2D eigenvalue weighted by atomic mass is 16.6. The molecule has 16 heavy (non-hydrogen) atoms. The number of hydrogen-bond acceptors (Lipinski definition) is 5. The zero-order valence-electron chi connectivity index (χ0n) is 9.69. The summed E-state index contributed by atoms with van der Waals surface area (Å²) in [6.07, 6.45) is 2.16. The van der Waals surface area contributed by atoms with E-state index in [4.69, 9.17) is 20.7 Å². The monoisotopic (exact) mass is 234 g/mol. The van der Waals surface area contributed by atoms with Gasteiger partial charge in [-0.3, -0.25) is 4.79 Å². The molecule has 0 fully saturated rings. The largest absolute Gasteiger partial charge is 0.480 e. The maximum Gasteiger partial charge on any atom is 0.320 e. The Kier molecular flexibility index (Phi) is 9.12. The van der Waals surface area contributed by atoms with Crippen molar-refractivity contribution in [3.63, 3.8) is 0 Å². The van der Waals surface area contributed by atoms with Crippen molar-refractivity contribution >= 4 is 5.97 Å². The number of aliphatic carboxylic acids is 1. The number of unbranched alkanes of at least 4 members (excludes halogenated alkanes) is 1. The van der Waals surface area contributed by atoms with Gasteiger partial charge in [0.05, 0.1) is 6.61 Å². The fourth-order valence-electron chi connectivity index (χ4n) is 1.25. The Labute approximate surface area is 95.8 Å². The van der Waals surface area contributed by atoms with Gasteiger partial charge >= 0.3 is 5.97 Å². The molecule has 0 spiro atoms. The van der Waals surface area contributed by atoms with Crippen molar-refractivity contribution in [1.29, 1.82) is 0 Å². The summed E-state index contributed by atoms with van der Waals surface area (Å²) in [5, 5.41) is 20.2. The Bertz CT molecular complexity index is 190. The van der Waals surface area contributed by atoms with E-state index in [0.717, 1.165) is 19.4 Å². The Hall–Kier alpha value is -0.690. The third-order valence-electron chi connectivity index (χ3n) is 2.21. The van der Waals surface area contributed by atoms with E-state index in [2.05, 4.69) is 5.32 Å². The van der Waals surface area contributed by atoms with Gasteiger partial charge in [-0.25, -0.2) is 0 Å². The van der Waals surface area contributed by atoms with Crippen molar-refractivity contribution in [3.05, 3.63) is 0 Å². The van der Waals surface area contributed by atoms with Gasteiger partial charge in [-0.15, -0.1) is 0 Å². The van der Waals surface area contributed by atoms with E-state index in [1.165, 1.54) is 0 Å². The third kappa shape index (κ3) is 8.60. The number of aliphatic hydroxyl groups excluding tert-OH is 1. The molecular weight excluding hydrogens is 212 g/mol. The second-order valence-corrected chi connectivity index (χ2v) is 3.80. The fourth-order valence-corrected chi connectivity index (χ4v) is 1.25. The number of carboxylic acid groups (broad SMARTS) is 1. The van der Waals surface area contributed by atoms with E-state index in [0.29, 0.717) is 13.0 Å². The highest BCUT2D eigenvalue weighted by molar-refractivity contribution is 5.72. The van der Waals surface area contributed by atoms with Crippen molar-refractivity contribution in [3.8, 4) is 0 Å². The Morgan fingerprint density at radius 3 is 2.75 bits per heavy atom. The first-order chi connectivity index (χ1) is 7.57. The molecule has 0 saturated heterocycles. The van der Waals surface area contributed by atoms with Crippen molar-refractivity contribution < 1.29 is 19.7 Å². The van der Waals surface area contributed by atoms with Gasteiger partial charge < -0.3 is 26.0 Å². The van der Waals surface area contributed by atoms with E-state index in [9.17, 15) is 4.79 Å². The van der Waals surface area contributed by atoms with Gasteiger partial charge in [-0.05, 0) is 26.3 Å². The molecule has 0 rings (SSSR count). The zero-order chi connectivity index (χ0) is 12.4. The van der Waals surface area contributed by atoms with Crippen LogP contribution in [0.4, 0.5) is 0 Å². The molecule has 2 atom stereocenters. The number of ether oxygens (including phenoxy) is 1. The molecule has 0 aromatic rings. The standard InChI is InChI=1S/C10H22N2O4/c1-8(6-16-7-13)12-5-3-2-4-9(11)10(14)15/h8-9,12-13H,2-7,11H2,1H3,(H,14,15). The molecule has 0 amide bonds. The van der Waals surface area contributed by atoms with Crippen LogP contribution in [0.1, 0.15) is 26.2 Å². The van der Waals surface area contributed by atoms with Crippen LogP contribution in [0.25, 0.3) is 0 Å². The van der Waals surface area contributed by atoms with Crippen LogP contribution in [0.3, 0.4) is 0 Å². The lowest BCUT2D eigenvalue weighted by Gasteiger charge is -2.13. The van der Waals surface area contributed by atoms with Crippen LogP contribution in [-0.2, 0) is 9.53 Å². The smallest absolute Gasteiger partial charge is 0.320 e. The first-order valence-corrected chi connectivity index (χ1v) is 5.48. The molecule has 5 N–H and O–H groups in total. The number of nitrogens with two attached hydrogens (primary N) is 1. The molecule has 0 aliphatic heterocycles. The third-order valence-corrected chi connectivity index (χ3v) is 2.21. The van der Waals surface area contributed by atoms with Crippen LogP contribution >= 0.6 is 0 Å². The fraction of sp³-hybridized carbons (Fsp3) is 0.900. The minimum Gasteiger partial charge on any atom is -0.480 e. The first-order valence-electron chi connectivity index (χ1n) is 5.48. The second kappa shape index (κ2) is 9.53. The average Bonchev–Trinajstić information content (AvgIpc) is 2.25. The lowest BCUT2D eigenvalue weighted by atomic mass is 10.1. The normalized spacial score (nSPS) is 14.7. The van der Waals surface area contributed by atoms with E-state index in [1.807, 2.05) is 6.92 Å². The Balaban J connectivity index is 3.29. The SMILES string of the molecule is CC(COCO)NCCCCC(N)C(=O)O. The molecule has 96 valence electrons. The summed E-state index contributed by atoms with van der Waals surface area (Å²) in [6, 6.07) is -0.574. The maximum absolute atomic E-state index is 10.4. The predicted octanol–water partition coefficient (Wildman–Crippen LogP) is -0.487. The quantitative estimate of drug-likeness (QED) is 0.300. The highest BCUT2D eigenvalue weighted by Gasteiger charge is 2.10. The average molecular weight is 234 g/mol. The summed E-state index contributed by atoms with van der Waals surface area (Å²) in [6.45, 7) is 2.95. The number of hydrogen-bond donors (Lipinski definition) is 4. The molecule has 0 aliphatic carbocycles. The van der Waals surface area contributed by atoms with Gasteiger partial charge in [-0.1, -0.05) is 6.42 Å². The first kappa shape index (κ1) is 15.3. The van der Waals surface area contributed by atoms with Crippen LogP contribution in [0.2, 0.25) is 0 Å². The number of rotatable bonds is 10. The minimum absolute atomic E-state index is 0.181. The molecule has 6 heteroatoms. The molecule has 0 aromatic carbocycles. The molecule has 0 bridgehead atoms. The zero-order valence-corrected chi connectivity index (χ0v) is 9.69. The molecule has 0 heterocycles. The summed E-state index contributed by atoms with van der Waals surface area (Å²) in [7, 11) is 0. The molecule has 0 radical (unpaired) electrons. The van der Waals surface area contributed by atoms with Gasteiger partial charge in [0.15, 0.2) is 0 Å². The molecule has 0 saturated carbocycles. The lowest BCUT2D eigenvalue weighted by Crippen LogP contribution is -2.32. The van der Waals surface area contributed by atoms with Crippen LogP contribution in [0.15, 0.2) is 0 Å². The predicted molar refractivity (Wildman–Crippen MR) is 60.0 cm³/mol. The van der Waals surface area contributed by atoms with Gasteiger partial charge in [0.2, 0.25) is 0 Å². The number of carbonyl (C=O) groups is 1. The number of nitrogens with one attached hydrogen (secondary N) is 1. The van der Waals surface area contributed by atoms with Gasteiger partial charge in [0.25, 0.3) is 0 Å². The van der Waals surface area contributed by atoms with Crippen LogP contribution in [-0.4, -0.2) is 48.2 Å². The molecule has 6 nitrogen and oxygen atoms in total. The molecular formula is C10H22N2O4. The summed E-state index contributed by atoms with van der Waals surface area (Å²) in [4.78, 5) is 10.4. The van der Waals surface area contributed by atoms with Crippen LogP contribution < -0.4 is 11.1 Å². The summed E-state index contributed by atoms with van der Waals surface area (Å²) in [5.74, 6) is -0.947. The Morgan fingerprint density at radius 2 is 2.19 bits per heavy atom. The summed E-state index contributed by atoms with van der Waals surface area (Å²) in [5.41, 5.74) is 5.36. The lowest BCUT2D eigenvalue weighted by molar-refractivity contribution is -0.138. The number of aliphatic hydroxyl groups is 1. The summed E-state index contributed by atoms with van der Waals surface area (Å²) < 4.78 is 4.82. The number of carboxylic acids is 1. The molecule has 2 unspecified atom stereocenters. The Morgan fingerprint density at radius 1 is 1.50 bits per heavy atom. The molecule has 0 aromatic heterocycles. The van der Waals surface area contributed by atoms with E-state index in [1.54, 1.807) is 0 Å². The van der Waals surface area contributed by atoms with E-state index < -0.39 is 12.0 Å². The second-order valence-electron chi connectivity index (χ2n) is 3.80. The maximum atomic E-state index is 10.4. The topological polar surface area (TPSA) is 105 Å². The van der Waals surface area contributed by atoms with Gasteiger partial charge in [-0.2, -0.15) is 0 Å². The van der Waals surface area contributed by atoms with Crippen molar-refractivity contribution in [2.75, 3.05) is 19.9 Å². The van der Waals surface area contributed by atoms with Gasteiger partial charge in [0, 0.05) is 6.04 Å². The van der Waals surface area contributed by atoms with Gasteiger partial charge in [0.1, 0.15) is 12.8 Å². The van der Waals surface area contributed by atoms with Crippen molar-refractivity contribution in [2.45, 2.75) is 38.3 Å². The van der Waals surface area contributed by atoms with Crippen LogP contribution in [0, 0.1) is 0 Å². The van der Waals surface area contributed by atoms with E-state index >= 15 is 0 Å². The van der Waals surface area contributed by atoms with Crippen molar-refractivity contribution in [1.82, 2.24) is 5.32 Å². The summed E-state index contributed by atoms with van der Waals surface area (Å²) >= 11 is 0. The van der Waals surface area contributed by atoms with Crippen molar-refractivity contribution in [2.24, 2.45) is 5.73 Å².